The molecule has 1 atom stereocenters. The van der Waals surface area contributed by atoms with Crippen LogP contribution >= 0.6 is 0 Å². The number of rotatable bonds is 5. The molecule has 2 aliphatic rings. The molecule has 0 radical (unpaired) electrons. The highest BCUT2D eigenvalue weighted by atomic mass is 16.3. The predicted molar refractivity (Wildman–Crippen MR) is 103 cm³/mol. The van der Waals surface area contributed by atoms with Crippen LogP contribution in [0.3, 0.4) is 0 Å². The molecule has 26 heavy (non-hydrogen) atoms. The van der Waals surface area contributed by atoms with Gasteiger partial charge >= 0.3 is 0 Å². The van der Waals surface area contributed by atoms with Crippen molar-refractivity contribution >= 4 is 0 Å². The lowest BCUT2D eigenvalue weighted by atomic mass is 9.71. The molecule has 0 saturated carbocycles. The first-order chi connectivity index (χ1) is 12.8. The van der Waals surface area contributed by atoms with Gasteiger partial charge in [0.1, 0.15) is 0 Å². The predicted octanol–water partition coefficient (Wildman–Crippen LogP) is 2.79. The zero-order valence-electron chi connectivity index (χ0n) is 15.4. The normalized spacial score (nSPS) is 23.5. The number of piperidine rings is 1. The molecule has 4 heteroatoms. The summed E-state index contributed by atoms with van der Waals surface area (Å²) in [5, 5.41) is 10.0. The zero-order valence-corrected chi connectivity index (χ0v) is 15.4. The molecule has 4 rings (SSSR count). The Kier molecular flexibility index (Phi) is 5.34. The summed E-state index contributed by atoms with van der Waals surface area (Å²) in [4.78, 5) is 9.32. The Morgan fingerprint density at radius 2 is 1.69 bits per heavy atom. The lowest BCUT2D eigenvalue weighted by Gasteiger charge is -2.42. The number of aliphatic hydroxyl groups excluding tert-OH is 1. The average Bonchev–Trinajstić information content (AvgIpc) is 3.02. The summed E-state index contributed by atoms with van der Waals surface area (Å²) in [6.07, 6.45) is 6.17. The Bertz CT molecular complexity index is 683. The molecule has 1 N–H and O–H groups in total. The molecule has 2 aliphatic heterocycles. The molecule has 1 unspecified atom stereocenters. The maximum Gasteiger partial charge on any atom is 0.0477 e. The topological polar surface area (TPSA) is 39.6 Å². The molecule has 138 valence electrons. The lowest BCUT2D eigenvalue weighted by Crippen LogP contribution is -2.44. The lowest BCUT2D eigenvalue weighted by molar-refractivity contribution is 0.0481. The first-order valence-electron chi connectivity index (χ1n) is 9.76. The molecular formula is C22H29N3O. The van der Waals surface area contributed by atoms with E-state index in [1.54, 1.807) is 0 Å². The summed E-state index contributed by atoms with van der Waals surface area (Å²) in [5.41, 5.74) is 2.95. The fourth-order valence-corrected chi connectivity index (χ4v) is 4.83. The van der Waals surface area contributed by atoms with Crippen LogP contribution in [0.5, 0.6) is 0 Å². The van der Waals surface area contributed by atoms with Crippen molar-refractivity contribution in [3.05, 3.63) is 66.0 Å². The van der Waals surface area contributed by atoms with Crippen LogP contribution in [0.2, 0.25) is 0 Å². The highest BCUT2D eigenvalue weighted by molar-refractivity contribution is 5.15. The molecule has 4 nitrogen and oxygen atoms in total. The standard InChI is InChI=1S/C22H29N3O/c26-17-21-16-25(14-19-5-2-1-3-6-19)18-22(21)8-11-24(12-9-22)15-20-7-4-10-23-13-20/h1-7,10,13,21,26H,8-9,11-12,14-18H2. The largest absolute Gasteiger partial charge is 0.396 e. The van der Waals surface area contributed by atoms with Gasteiger partial charge < -0.3 is 5.11 Å². The van der Waals surface area contributed by atoms with Crippen molar-refractivity contribution in [2.45, 2.75) is 25.9 Å². The number of pyridine rings is 1. The highest BCUT2D eigenvalue weighted by Gasteiger charge is 2.47. The van der Waals surface area contributed by atoms with Gasteiger partial charge in [0.25, 0.3) is 0 Å². The maximum absolute atomic E-state index is 10.0. The van der Waals surface area contributed by atoms with E-state index in [1.807, 2.05) is 18.5 Å². The molecule has 1 aromatic heterocycles. The number of nitrogens with zero attached hydrogens (tertiary/aromatic N) is 3. The van der Waals surface area contributed by atoms with Crippen LogP contribution in [0.15, 0.2) is 54.9 Å². The van der Waals surface area contributed by atoms with Crippen LogP contribution in [0.4, 0.5) is 0 Å². The fraction of sp³-hybridized carbons (Fsp3) is 0.500. The SMILES string of the molecule is OCC1CN(Cc2ccccc2)CC12CCN(Cc1cccnc1)CC2. The maximum atomic E-state index is 10.0. The smallest absolute Gasteiger partial charge is 0.0477 e. The molecule has 1 aromatic carbocycles. The highest BCUT2D eigenvalue weighted by Crippen LogP contribution is 2.45. The number of benzene rings is 1. The van der Waals surface area contributed by atoms with Crippen LogP contribution in [0.25, 0.3) is 0 Å². The number of aliphatic hydroxyl groups is 1. The second kappa shape index (κ2) is 7.87. The van der Waals surface area contributed by atoms with Crippen molar-refractivity contribution in [2.75, 3.05) is 32.8 Å². The van der Waals surface area contributed by atoms with Gasteiger partial charge in [0.2, 0.25) is 0 Å². The number of likely N-dealkylation sites (tertiary alicyclic amines) is 2. The minimum atomic E-state index is 0.287. The van der Waals surface area contributed by atoms with Gasteiger partial charge in [0.15, 0.2) is 0 Å². The number of aromatic nitrogens is 1. The van der Waals surface area contributed by atoms with Gasteiger partial charge in [-0.15, -0.1) is 0 Å². The molecule has 1 spiro atoms. The van der Waals surface area contributed by atoms with Crippen molar-refractivity contribution in [3.63, 3.8) is 0 Å². The summed E-state index contributed by atoms with van der Waals surface area (Å²) in [6.45, 7) is 6.67. The van der Waals surface area contributed by atoms with E-state index in [2.05, 4.69) is 51.2 Å². The fourth-order valence-electron chi connectivity index (χ4n) is 4.83. The Hall–Kier alpha value is -1.75. The second-order valence-electron chi connectivity index (χ2n) is 8.03. The average molecular weight is 351 g/mol. The van der Waals surface area contributed by atoms with Gasteiger partial charge in [0.05, 0.1) is 0 Å². The third-order valence-electron chi connectivity index (χ3n) is 6.33. The van der Waals surface area contributed by atoms with Gasteiger partial charge in [0, 0.05) is 51.1 Å². The van der Waals surface area contributed by atoms with E-state index in [1.165, 1.54) is 24.0 Å². The summed E-state index contributed by atoms with van der Waals surface area (Å²) in [7, 11) is 0. The number of hydrogen-bond donors (Lipinski definition) is 1. The van der Waals surface area contributed by atoms with Crippen LogP contribution < -0.4 is 0 Å². The Morgan fingerprint density at radius 3 is 2.38 bits per heavy atom. The summed E-state index contributed by atoms with van der Waals surface area (Å²) >= 11 is 0. The molecule has 2 fully saturated rings. The van der Waals surface area contributed by atoms with Crippen molar-refractivity contribution in [3.8, 4) is 0 Å². The monoisotopic (exact) mass is 351 g/mol. The Balaban J connectivity index is 1.37. The van der Waals surface area contributed by atoms with E-state index < -0.39 is 0 Å². The summed E-state index contributed by atoms with van der Waals surface area (Å²) in [5.74, 6) is 0.409. The third-order valence-corrected chi connectivity index (χ3v) is 6.33. The molecule has 3 heterocycles. The first-order valence-corrected chi connectivity index (χ1v) is 9.76. The van der Waals surface area contributed by atoms with Crippen molar-refractivity contribution < 1.29 is 5.11 Å². The van der Waals surface area contributed by atoms with E-state index >= 15 is 0 Å². The molecule has 2 aromatic rings. The quantitative estimate of drug-likeness (QED) is 0.899. The molecular weight excluding hydrogens is 322 g/mol. The van der Waals surface area contributed by atoms with Gasteiger partial charge in [-0.3, -0.25) is 14.8 Å². The number of hydrogen-bond acceptors (Lipinski definition) is 4. The molecule has 0 aliphatic carbocycles. The van der Waals surface area contributed by atoms with Crippen molar-refractivity contribution in [1.29, 1.82) is 0 Å². The molecule has 0 amide bonds. The van der Waals surface area contributed by atoms with E-state index in [-0.39, 0.29) is 5.41 Å². The van der Waals surface area contributed by atoms with Crippen LogP contribution in [-0.4, -0.2) is 52.7 Å². The second-order valence-corrected chi connectivity index (χ2v) is 8.03. The first kappa shape index (κ1) is 17.7. The Labute approximate surface area is 156 Å². The van der Waals surface area contributed by atoms with E-state index in [9.17, 15) is 5.11 Å². The van der Waals surface area contributed by atoms with E-state index in [4.69, 9.17) is 0 Å². The van der Waals surface area contributed by atoms with E-state index in [0.29, 0.717) is 12.5 Å². The molecule has 0 bridgehead atoms. The van der Waals surface area contributed by atoms with Gasteiger partial charge in [-0.1, -0.05) is 36.4 Å². The van der Waals surface area contributed by atoms with Crippen LogP contribution in [-0.2, 0) is 13.1 Å². The zero-order chi connectivity index (χ0) is 17.8. The summed E-state index contributed by atoms with van der Waals surface area (Å²) < 4.78 is 0. The van der Waals surface area contributed by atoms with Crippen LogP contribution in [0.1, 0.15) is 24.0 Å². The minimum Gasteiger partial charge on any atom is -0.396 e. The molecule has 2 saturated heterocycles. The van der Waals surface area contributed by atoms with Gasteiger partial charge in [-0.2, -0.15) is 0 Å². The van der Waals surface area contributed by atoms with Crippen LogP contribution in [0, 0.1) is 11.3 Å². The van der Waals surface area contributed by atoms with E-state index in [0.717, 1.165) is 39.3 Å². The van der Waals surface area contributed by atoms with Gasteiger partial charge in [-0.05, 0) is 48.5 Å². The Morgan fingerprint density at radius 1 is 0.962 bits per heavy atom. The van der Waals surface area contributed by atoms with Gasteiger partial charge in [-0.25, -0.2) is 0 Å². The minimum absolute atomic E-state index is 0.287. The van der Waals surface area contributed by atoms with Crippen molar-refractivity contribution in [1.82, 2.24) is 14.8 Å². The third kappa shape index (κ3) is 3.83. The van der Waals surface area contributed by atoms with Crippen molar-refractivity contribution in [2.24, 2.45) is 11.3 Å². The summed E-state index contributed by atoms with van der Waals surface area (Å²) in [6, 6.07) is 14.9.